The quantitative estimate of drug-likeness (QED) is 0.680. The molecule has 0 atom stereocenters. The molecule has 0 spiro atoms. The average Bonchev–Trinajstić information content (AvgIpc) is 3.08. The molecule has 144 valence electrons. The zero-order chi connectivity index (χ0) is 19.2. The lowest BCUT2D eigenvalue weighted by molar-refractivity contribution is -0.0458. The number of para-hydroxylation sites is 1. The van der Waals surface area contributed by atoms with E-state index in [0.717, 1.165) is 12.2 Å². The van der Waals surface area contributed by atoms with Crippen molar-refractivity contribution in [2.75, 3.05) is 26.3 Å². The van der Waals surface area contributed by atoms with Crippen molar-refractivity contribution in [3.8, 4) is 5.75 Å². The van der Waals surface area contributed by atoms with Crippen LogP contribution in [0.25, 0.3) is 0 Å². The third kappa shape index (κ3) is 4.68. The van der Waals surface area contributed by atoms with Gasteiger partial charge in [-0.1, -0.05) is 25.1 Å². The van der Waals surface area contributed by atoms with E-state index in [0.29, 0.717) is 38.5 Å². The average molecular weight is 373 g/mol. The van der Waals surface area contributed by atoms with Crippen LogP contribution in [0.4, 0.5) is 0 Å². The van der Waals surface area contributed by atoms with E-state index in [1.807, 2.05) is 30.3 Å². The molecule has 7 nitrogen and oxygen atoms in total. The predicted molar refractivity (Wildman–Crippen MR) is 97.2 cm³/mol. The van der Waals surface area contributed by atoms with Gasteiger partial charge in [0.05, 0.1) is 19.3 Å². The number of ether oxygens (including phenoxy) is 2. The van der Waals surface area contributed by atoms with Crippen LogP contribution >= 0.6 is 0 Å². The summed E-state index contributed by atoms with van der Waals surface area (Å²) in [5, 5.41) is 9.14. The van der Waals surface area contributed by atoms with Gasteiger partial charge >= 0.3 is 5.97 Å². The molecule has 27 heavy (non-hydrogen) atoms. The fraction of sp³-hybridized carbons (Fsp3) is 0.400. The van der Waals surface area contributed by atoms with Crippen LogP contribution in [0.1, 0.15) is 40.0 Å². The van der Waals surface area contributed by atoms with E-state index in [1.54, 1.807) is 11.8 Å². The molecule has 2 heterocycles. The first-order valence-electron chi connectivity index (χ1n) is 9.03. The van der Waals surface area contributed by atoms with Gasteiger partial charge in [-0.05, 0) is 12.1 Å². The summed E-state index contributed by atoms with van der Waals surface area (Å²) < 4.78 is 16.7. The second kappa shape index (κ2) is 8.73. The number of likely N-dealkylation sites (tertiary alicyclic amines) is 1. The van der Waals surface area contributed by atoms with Crippen molar-refractivity contribution in [2.24, 2.45) is 0 Å². The Morgan fingerprint density at radius 3 is 2.59 bits per heavy atom. The Kier molecular flexibility index (Phi) is 6.13. The molecule has 1 aromatic heterocycles. The van der Waals surface area contributed by atoms with Crippen LogP contribution in [0.15, 0.2) is 40.8 Å². The number of nitrogens with zero attached hydrogens (tertiary/aromatic N) is 1. The zero-order valence-electron chi connectivity index (χ0n) is 15.2. The first kappa shape index (κ1) is 19.0. The highest BCUT2D eigenvalue weighted by Crippen LogP contribution is 2.21. The van der Waals surface area contributed by atoms with Gasteiger partial charge in [0.1, 0.15) is 17.1 Å². The fourth-order valence-corrected chi connectivity index (χ4v) is 2.86. The Balaban J connectivity index is 1.37. The number of aromatic carboxylic acids is 1. The van der Waals surface area contributed by atoms with Crippen molar-refractivity contribution in [1.82, 2.24) is 4.90 Å². The number of hydrogen-bond donors (Lipinski definition) is 1. The van der Waals surface area contributed by atoms with Crippen LogP contribution < -0.4 is 4.74 Å². The SMILES string of the molecule is CCc1oc(C(=O)N2CC(OCCCOc3ccccc3)C2)cc1C(=O)O. The zero-order valence-corrected chi connectivity index (χ0v) is 15.2. The number of hydrogen-bond acceptors (Lipinski definition) is 5. The van der Waals surface area contributed by atoms with Gasteiger partial charge in [0, 0.05) is 32.0 Å². The summed E-state index contributed by atoms with van der Waals surface area (Å²) in [5.41, 5.74) is 0.0487. The number of amides is 1. The van der Waals surface area contributed by atoms with Gasteiger partial charge in [-0.3, -0.25) is 4.79 Å². The second-order valence-corrected chi connectivity index (χ2v) is 6.32. The van der Waals surface area contributed by atoms with Gasteiger partial charge in [0.15, 0.2) is 5.76 Å². The number of furan rings is 1. The molecule has 2 aromatic rings. The molecule has 1 saturated heterocycles. The van der Waals surface area contributed by atoms with E-state index < -0.39 is 5.97 Å². The molecule has 0 unspecified atom stereocenters. The summed E-state index contributed by atoms with van der Waals surface area (Å²) in [5.74, 6) is -0.165. The van der Waals surface area contributed by atoms with Gasteiger partial charge < -0.3 is 23.9 Å². The summed E-state index contributed by atoms with van der Waals surface area (Å²) in [6.07, 6.45) is 1.18. The minimum atomic E-state index is -1.09. The molecule has 7 heteroatoms. The van der Waals surface area contributed by atoms with Crippen LogP contribution in [-0.4, -0.2) is 54.3 Å². The lowest BCUT2D eigenvalue weighted by atomic mass is 10.1. The van der Waals surface area contributed by atoms with Crippen molar-refractivity contribution >= 4 is 11.9 Å². The maximum absolute atomic E-state index is 12.4. The van der Waals surface area contributed by atoms with Crippen molar-refractivity contribution in [3.63, 3.8) is 0 Å². The molecule has 0 bridgehead atoms. The molecule has 0 saturated carbocycles. The first-order chi connectivity index (χ1) is 13.1. The number of carboxylic acid groups (broad SMARTS) is 1. The lowest BCUT2D eigenvalue weighted by Gasteiger charge is -2.38. The maximum atomic E-state index is 12.4. The first-order valence-corrected chi connectivity index (χ1v) is 9.03. The standard InChI is InChI=1S/C20H23NO6/c1-2-17-16(20(23)24)11-18(27-17)19(22)21-12-15(13-21)26-10-6-9-25-14-7-4-3-5-8-14/h3-5,7-8,11,15H,2,6,9-10,12-13H2,1H3,(H,23,24). The monoisotopic (exact) mass is 373 g/mol. The number of benzene rings is 1. The van der Waals surface area contributed by atoms with E-state index in [2.05, 4.69) is 0 Å². The van der Waals surface area contributed by atoms with Crippen molar-refractivity contribution in [1.29, 1.82) is 0 Å². The van der Waals surface area contributed by atoms with Crippen LogP contribution in [0, 0.1) is 0 Å². The topological polar surface area (TPSA) is 89.2 Å². The molecule has 1 aliphatic rings. The van der Waals surface area contributed by atoms with E-state index in [9.17, 15) is 9.59 Å². The summed E-state index contributed by atoms with van der Waals surface area (Å²) in [6.45, 7) is 3.87. The molecule has 1 aromatic carbocycles. The molecular weight excluding hydrogens is 350 g/mol. The molecule has 1 fully saturated rings. The Morgan fingerprint density at radius 1 is 1.22 bits per heavy atom. The Labute approximate surface area is 157 Å². The van der Waals surface area contributed by atoms with Crippen molar-refractivity contribution in [3.05, 3.63) is 53.5 Å². The fourth-order valence-electron chi connectivity index (χ4n) is 2.86. The molecule has 3 rings (SSSR count). The van der Waals surface area contributed by atoms with E-state index in [-0.39, 0.29) is 23.3 Å². The largest absolute Gasteiger partial charge is 0.494 e. The number of rotatable bonds is 9. The Hall–Kier alpha value is -2.80. The van der Waals surface area contributed by atoms with Gasteiger partial charge in [-0.25, -0.2) is 4.79 Å². The van der Waals surface area contributed by atoms with Crippen molar-refractivity contribution < 1.29 is 28.6 Å². The Bertz CT molecular complexity index is 779. The minimum Gasteiger partial charge on any atom is -0.494 e. The number of carboxylic acids is 1. The lowest BCUT2D eigenvalue weighted by Crippen LogP contribution is -2.54. The number of carbonyl (C=O) groups is 2. The summed E-state index contributed by atoms with van der Waals surface area (Å²) in [6, 6.07) is 10.9. The molecule has 1 amide bonds. The number of carbonyl (C=O) groups excluding carboxylic acids is 1. The van der Waals surface area contributed by atoms with Gasteiger partial charge in [0.2, 0.25) is 0 Å². The van der Waals surface area contributed by atoms with E-state index in [1.165, 1.54) is 6.07 Å². The van der Waals surface area contributed by atoms with Crippen LogP contribution in [0.2, 0.25) is 0 Å². The smallest absolute Gasteiger partial charge is 0.339 e. The second-order valence-electron chi connectivity index (χ2n) is 6.32. The Morgan fingerprint density at radius 2 is 1.96 bits per heavy atom. The van der Waals surface area contributed by atoms with Gasteiger partial charge in [0.25, 0.3) is 5.91 Å². The molecule has 1 aliphatic heterocycles. The maximum Gasteiger partial charge on any atom is 0.339 e. The molecular formula is C20H23NO6. The van der Waals surface area contributed by atoms with E-state index >= 15 is 0 Å². The van der Waals surface area contributed by atoms with Gasteiger partial charge in [-0.2, -0.15) is 0 Å². The predicted octanol–water partition coefficient (Wildman–Crippen LogP) is 2.85. The minimum absolute atomic E-state index is 0.00905. The normalized spacial score (nSPS) is 14.0. The third-order valence-electron chi connectivity index (χ3n) is 4.36. The number of aryl methyl sites for hydroxylation is 1. The molecule has 1 N–H and O–H groups in total. The third-order valence-corrected chi connectivity index (χ3v) is 4.36. The molecule has 0 aliphatic carbocycles. The van der Waals surface area contributed by atoms with Crippen LogP contribution in [0.3, 0.4) is 0 Å². The highest BCUT2D eigenvalue weighted by atomic mass is 16.5. The van der Waals surface area contributed by atoms with Crippen LogP contribution in [0.5, 0.6) is 5.75 Å². The highest BCUT2D eigenvalue weighted by Gasteiger charge is 2.34. The van der Waals surface area contributed by atoms with E-state index in [4.69, 9.17) is 19.0 Å². The highest BCUT2D eigenvalue weighted by molar-refractivity contribution is 5.96. The summed E-state index contributed by atoms with van der Waals surface area (Å²) in [7, 11) is 0. The van der Waals surface area contributed by atoms with Gasteiger partial charge in [-0.15, -0.1) is 0 Å². The summed E-state index contributed by atoms with van der Waals surface area (Å²) >= 11 is 0. The summed E-state index contributed by atoms with van der Waals surface area (Å²) in [4.78, 5) is 25.1. The van der Waals surface area contributed by atoms with Crippen molar-refractivity contribution in [2.45, 2.75) is 25.9 Å². The molecule has 0 radical (unpaired) electrons. The van der Waals surface area contributed by atoms with Crippen LogP contribution in [-0.2, 0) is 11.2 Å².